The maximum Gasteiger partial charge on any atom is 0.335 e. The molecule has 0 heterocycles. The fraction of sp³-hybridized carbons (Fsp3) is 0.133. The van der Waals surface area contributed by atoms with Crippen LogP contribution in [0.5, 0.6) is 5.75 Å². The molecule has 0 fully saturated rings. The third-order valence-corrected chi connectivity index (χ3v) is 5.08. The summed E-state index contributed by atoms with van der Waals surface area (Å²) in [7, 11) is -4.28. The van der Waals surface area contributed by atoms with Crippen LogP contribution in [0, 0.1) is 24.0 Å². The summed E-state index contributed by atoms with van der Waals surface area (Å²) in [5, 5.41) is 29.6. The fourth-order valence-corrected chi connectivity index (χ4v) is 3.56. The highest BCUT2D eigenvalue weighted by molar-refractivity contribution is 7.92. The lowest BCUT2D eigenvalue weighted by Gasteiger charge is -2.14. The van der Waals surface area contributed by atoms with Crippen molar-refractivity contribution in [2.45, 2.75) is 18.7 Å². The van der Waals surface area contributed by atoms with Gasteiger partial charge < -0.3 is 10.2 Å². The number of anilines is 1. The number of non-ortho nitro benzene ring substituents is 1. The number of carbonyl (C=O) groups is 1. The minimum absolute atomic E-state index is 0.216. The van der Waals surface area contributed by atoms with Crippen molar-refractivity contribution in [2.24, 2.45) is 0 Å². The molecule has 0 unspecified atom stereocenters. The highest BCUT2D eigenvalue weighted by Crippen LogP contribution is 2.31. The van der Waals surface area contributed by atoms with Gasteiger partial charge in [0.25, 0.3) is 15.7 Å². The Hall–Kier alpha value is -3.14. The standard InChI is InChI=1S/C15H14N2O7S/c1-8-5-10(15(19)20)6-14(9(8)2)25(23,24)16-12-7-11(17(21)22)3-4-13(12)18/h3-7,16,18H,1-2H3,(H,19,20). The quantitative estimate of drug-likeness (QED) is 0.418. The molecule has 10 heteroatoms. The zero-order valence-electron chi connectivity index (χ0n) is 13.2. The van der Waals surface area contributed by atoms with Gasteiger partial charge in [-0.2, -0.15) is 0 Å². The van der Waals surface area contributed by atoms with Gasteiger partial charge in [-0.1, -0.05) is 0 Å². The number of aryl methyl sites for hydroxylation is 1. The molecule has 2 aromatic carbocycles. The number of nitro groups is 1. The number of aromatic hydroxyl groups is 1. The van der Waals surface area contributed by atoms with E-state index >= 15 is 0 Å². The summed E-state index contributed by atoms with van der Waals surface area (Å²) in [5.74, 6) is -1.80. The average molecular weight is 366 g/mol. The van der Waals surface area contributed by atoms with Crippen molar-refractivity contribution in [1.82, 2.24) is 0 Å². The first-order chi connectivity index (χ1) is 11.5. The van der Waals surface area contributed by atoms with Crippen molar-refractivity contribution in [1.29, 1.82) is 0 Å². The van der Waals surface area contributed by atoms with E-state index in [1.54, 1.807) is 6.92 Å². The molecule has 0 saturated carbocycles. The molecule has 0 aliphatic rings. The Kier molecular flexibility index (Phi) is 4.66. The molecule has 0 radical (unpaired) electrons. The lowest BCUT2D eigenvalue weighted by Crippen LogP contribution is -2.16. The van der Waals surface area contributed by atoms with Crippen LogP contribution >= 0.6 is 0 Å². The molecular weight excluding hydrogens is 352 g/mol. The smallest absolute Gasteiger partial charge is 0.335 e. The summed E-state index contributed by atoms with van der Waals surface area (Å²) < 4.78 is 27.3. The number of carboxylic acids is 1. The number of nitrogens with one attached hydrogen (secondary N) is 1. The number of phenolic OH excluding ortho intramolecular Hbond substituents is 1. The van der Waals surface area contributed by atoms with Crippen molar-refractivity contribution in [3.63, 3.8) is 0 Å². The van der Waals surface area contributed by atoms with Crippen LogP contribution in [-0.4, -0.2) is 29.5 Å². The number of sulfonamides is 1. The molecule has 132 valence electrons. The van der Waals surface area contributed by atoms with Crippen LogP contribution < -0.4 is 4.72 Å². The zero-order chi connectivity index (χ0) is 18.9. The maximum atomic E-state index is 12.6. The van der Waals surface area contributed by atoms with E-state index < -0.39 is 32.4 Å². The molecule has 3 N–H and O–H groups in total. The number of nitro benzene ring substituents is 1. The molecule has 0 amide bonds. The number of rotatable bonds is 5. The SMILES string of the molecule is Cc1cc(C(=O)O)cc(S(=O)(=O)Nc2cc([N+](=O)[O-])ccc2O)c1C. The van der Waals surface area contributed by atoms with Gasteiger partial charge in [0.15, 0.2) is 0 Å². The zero-order valence-corrected chi connectivity index (χ0v) is 14.0. The van der Waals surface area contributed by atoms with Crippen molar-refractivity contribution >= 4 is 27.4 Å². The Bertz CT molecular complexity index is 984. The minimum Gasteiger partial charge on any atom is -0.506 e. The molecule has 0 spiro atoms. The van der Waals surface area contributed by atoms with Gasteiger partial charge in [0.2, 0.25) is 0 Å². The Balaban J connectivity index is 2.56. The number of carboxylic acid groups (broad SMARTS) is 1. The van der Waals surface area contributed by atoms with E-state index in [0.29, 0.717) is 11.1 Å². The van der Waals surface area contributed by atoms with Crippen LogP contribution in [0.1, 0.15) is 21.5 Å². The molecule has 0 saturated heterocycles. The molecule has 0 aromatic heterocycles. The minimum atomic E-state index is -4.28. The first-order valence-corrected chi connectivity index (χ1v) is 8.36. The second-order valence-corrected chi connectivity index (χ2v) is 6.94. The summed E-state index contributed by atoms with van der Waals surface area (Å²) in [6.45, 7) is 3.06. The first-order valence-electron chi connectivity index (χ1n) is 6.87. The van der Waals surface area contributed by atoms with Crippen LogP contribution in [0.3, 0.4) is 0 Å². The molecule has 0 bridgehead atoms. The van der Waals surface area contributed by atoms with Crippen LogP contribution in [0.4, 0.5) is 11.4 Å². The van der Waals surface area contributed by atoms with E-state index in [1.165, 1.54) is 13.0 Å². The van der Waals surface area contributed by atoms with Crippen LogP contribution in [0.2, 0.25) is 0 Å². The Morgan fingerprint density at radius 3 is 2.40 bits per heavy atom. The number of phenols is 1. The second kappa shape index (κ2) is 6.40. The van der Waals surface area contributed by atoms with E-state index in [2.05, 4.69) is 4.72 Å². The van der Waals surface area contributed by atoms with Gasteiger partial charge in [0.1, 0.15) is 5.75 Å². The number of nitrogens with zero attached hydrogens (tertiary/aromatic N) is 1. The van der Waals surface area contributed by atoms with Gasteiger partial charge in [-0.3, -0.25) is 14.8 Å². The molecule has 2 rings (SSSR count). The van der Waals surface area contributed by atoms with Crippen molar-refractivity contribution in [2.75, 3.05) is 4.72 Å². The molecular formula is C15H14N2O7S. The first kappa shape index (κ1) is 18.2. The van der Waals surface area contributed by atoms with E-state index in [-0.39, 0.29) is 16.1 Å². The molecule has 2 aromatic rings. The largest absolute Gasteiger partial charge is 0.506 e. The van der Waals surface area contributed by atoms with Gasteiger partial charge in [-0.25, -0.2) is 13.2 Å². The van der Waals surface area contributed by atoms with Crippen LogP contribution in [0.25, 0.3) is 0 Å². The van der Waals surface area contributed by atoms with E-state index in [4.69, 9.17) is 5.11 Å². The van der Waals surface area contributed by atoms with Gasteiger partial charge in [0.05, 0.1) is 21.1 Å². The van der Waals surface area contributed by atoms with Crippen LogP contribution in [0.15, 0.2) is 35.2 Å². The highest BCUT2D eigenvalue weighted by atomic mass is 32.2. The second-order valence-electron chi connectivity index (χ2n) is 5.29. The van der Waals surface area contributed by atoms with Crippen LogP contribution in [-0.2, 0) is 10.0 Å². The fourth-order valence-electron chi connectivity index (χ4n) is 2.15. The Labute approximate surface area is 142 Å². The predicted molar refractivity (Wildman–Crippen MR) is 88.4 cm³/mol. The predicted octanol–water partition coefficient (Wildman–Crippen LogP) is 2.42. The lowest BCUT2D eigenvalue weighted by atomic mass is 10.1. The van der Waals surface area contributed by atoms with E-state index in [9.17, 15) is 28.4 Å². The lowest BCUT2D eigenvalue weighted by molar-refractivity contribution is -0.384. The Morgan fingerprint density at radius 1 is 1.20 bits per heavy atom. The van der Waals surface area contributed by atoms with Gasteiger partial charge in [-0.05, 0) is 43.2 Å². The van der Waals surface area contributed by atoms with E-state index in [0.717, 1.165) is 24.3 Å². The third kappa shape index (κ3) is 3.69. The monoisotopic (exact) mass is 366 g/mol. The van der Waals surface area contributed by atoms with Gasteiger partial charge in [-0.15, -0.1) is 0 Å². The molecule has 9 nitrogen and oxygen atoms in total. The summed E-state index contributed by atoms with van der Waals surface area (Å²) in [6, 6.07) is 5.20. The number of hydrogen-bond acceptors (Lipinski definition) is 6. The number of hydrogen-bond donors (Lipinski definition) is 3. The maximum absolute atomic E-state index is 12.6. The van der Waals surface area contributed by atoms with E-state index in [1.807, 2.05) is 0 Å². The average Bonchev–Trinajstić information content (AvgIpc) is 2.51. The summed E-state index contributed by atoms with van der Waals surface area (Å²) in [6.07, 6.45) is 0. The molecule has 25 heavy (non-hydrogen) atoms. The normalized spacial score (nSPS) is 11.1. The highest BCUT2D eigenvalue weighted by Gasteiger charge is 2.23. The molecule has 0 aliphatic carbocycles. The topological polar surface area (TPSA) is 147 Å². The van der Waals surface area contributed by atoms with Crippen molar-refractivity contribution < 1.29 is 28.3 Å². The molecule has 0 aliphatic heterocycles. The number of aromatic carboxylic acids is 1. The summed E-state index contributed by atoms with van der Waals surface area (Å²) >= 11 is 0. The summed E-state index contributed by atoms with van der Waals surface area (Å²) in [5.41, 5.74) is -0.243. The number of benzene rings is 2. The van der Waals surface area contributed by atoms with Crippen molar-refractivity contribution in [3.8, 4) is 5.75 Å². The van der Waals surface area contributed by atoms with Crippen molar-refractivity contribution in [3.05, 3.63) is 57.1 Å². The van der Waals surface area contributed by atoms with Gasteiger partial charge in [0, 0.05) is 12.1 Å². The summed E-state index contributed by atoms with van der Waals surface area (Å²) in [4.78, 5) is 20.9. The Morgan fingerprint density at radius 2 is 1.84 bits per heavy atom. The molecule has 0 atom stereocenters. The van der Waals surface area contributed by atoms with Gasteiger partial charge >= 0.3 is 5.97 Å². The third-order valence-electron chi connectivity index (χ3n) is 3.59.